The van der Waals surface area contributed by atoms with Crippen LogP contribution in [-0.2, 0) is 0 Å². The highest BCUT2D eigenvalue weighted by molar-refractivity contribution is 6.26. The summed E-state index contributed by atoms with van der Waals surface area (Å²) in [6.07, 6.45) is 0. The van der Waals surface area contributed by atoms with E-state index in [9.17, 15) is 29.8 Å². The van der Waals surface area contributed by atoms with E-state index in [1.807, 2.05) is 30.3 Å². The zero-order chi connectivity index (χ0) is 22.3. The fourth-order valence-electron chi connectivity index (χ4n) is 3.75. The maximum absolute atomic E-state index is 13.1. The summed E-state index contributed by atoms with van der Waals surface area (Å²) in [5.74, 6) is -1.11. The van der Waals surface area contributed by atoms with Gasteiger partial charge >= 0.3 is 0 Å². The van der Waals surface area contributed by atoms with Crippen LogP contribution in [0.15, 0.2) is 60.7 Å². The van der Waals surface area contributed by atoms with Crippen molar-refractivity contribution in [3.05, 3.63) is 103 Å². The maximum Gasteiger partial charge on any atom is 0.284 e. The summed E-state index contributed by atoms with van der Waals surface area (Å²) >= 11 is 0. The number of nitrogens with one attached hydrogen (secondary N) is 1. The number of nitro benzene ring substituents is 2. The molecule has 1 amide bonds. The Morgan fingerprint density at radius 1 is 0.903 bits per heavy atom. The molecule has 0 aromatic heterocycles. The second-order valence-electron chi connectivity index (χ2n) is 7.06. The molecule has 0 spiro atoms. The van der Waals surface area contributed by atoms with Crippen molar-refractivity contribution in [1.82, 2.24) is 5.32 Å². The van der Waals surface area contributed by atoms with E-state index in [0.29, 0.717) is 0 Å². The van der Waals surface area contributed by atoms with Crippen LogP contribution < -0.4 is 5.32 Å². The van der Waals surface area contributed by atoms with Crippen LogP contribution >= 0.6 is 0 Å². The molecule has 0 fully saturated rings. The lowest BCUT2D eigenvalue weighted by Crippen LogP contribution is -2.27. The number of nitrogens with zero attached hydrogens (tertiary/aromatic N) is 2. The average molecular weight is 417 g/mol. The van der Waals surface area contributed by atoms with Crippen LogP contribution in [0.3, 0.4) is 0 Å². The first kappa shape index (κ1) is 19.9. The molecule has 3 aromatic carbocycles. The highest BCUT2D eigenvalue weighted by Crippen LogP contribution is 2.46. The molecule has 0 bridgehead atoms. The Balaban J connectivity index is 1.84. The molecule has 0 heterocycles. The third-order valence-electron chi connectivity index (χ3n) is 5.21. The van der Waals surface area contributed by atoms with E-state index in [2.05, 4.69) is 5.32 Å². The molecule has 0 radical (unpaired) electrons. The number of carbonyl (C=O) groups is 2. The molecule has 31 heavy (non-hydrogen) atoms. The molecule has 0 aliphatic heterocycles. The fourth-order valence-corrected chi connectivity index (χ4v) is 3.75. The number of amides is 1. The van der Waals surface area contributed by atoms with Gasteiger partial charge in [-0.1, -0.05) is 42.5 Å². The van der Waals surface area contributed by atoms with Crippen molar-refractivity contribution in [3.8, 4) is 11.1 Å². The number of rotatable bonds is 5. The molecule has 9 nitrogen and oxygen atoms in total. The minimum Gasteiger partial charge on any atom is -0.345 e. The Morgan fingerprint density at radius 2 is 1.61 bits per heavy atom. The SMILES string of the molecule is CC(NC(=O)c1cccc2c1-c1c(cc([N+](=O)[O-])cc1[N+](=O)[O-])C2=O)c1ccccc1. The molecule has 1 N–H and O–H groups in total. The molecule has 0 saturated carbocycles. The highest BCUT2D eigenvalue weighted by Gasteiger charge is 2.38. The van der Waals surface area contributed by atoms with E-state index >= 15 is 0 Å². The van der Waals surface area contributed by atoms with Gasteiger partial charge in [-0.3, -0.25) is 29.8 Å². The van der Waals surface area contributed by atoms with Crippen molar-refractivity contribution >= 4 is 23.1 Å². The lowest BCUT2D eigenvalue weighted by atomic mass is 9.97. The largest absolute Gasteiger partial charge is 0.345 e. The Kier molecular flexibility index (Phi) is 4.78. The average Bonchev–Trinajstić information content (AvgIpc) is 3.05. The standard InChI is InChI=1S/C22H15N3O6/c1-12(13-6-3-2-4-7-13)23-22(27)16-9-5-8-15-19(16)20-17(21(15)26)10-14(24(28)29)11-18(20)25(30)31/h2-12H,1H3,(H,23,27). The molecule has 4 rings (SSSR count). The van der Waals surface area contributed by atoms with Crippen LogP contribution in [0.2, 0.25) is 0 Å². The van der Waals surface area contributed by atoms with Crippen molar-refractivity contribution < 1.29 is 19.4 Å². The fraction of sp³-hybridized carbons (Fsp3) is 0.0909. The van der Waals surface area contributed by atoms with E-state index in [1.165, 1.54) is 18.2 Å². The Bertz CT molecular complexity index is 1270. The third-order valence-corrected chi connectivity index (χ3v) is 5.21. The van der Waals surface area contributed by atoms with Gasteiger partial charge in [0.15, 0.2) is 5.78 Å². The summed E-state index contributed by atoms with van der Waals surface area (Å²) < 4.78 is 0. The van der Waals surface area contributed by atoms with Gasteiger partial charge in [-0.2, -0.15) is 0 Å². The first-order valence-electron chi connectivity index (χ1n) is 9.30. The first-order valence-corrected chi connectivity index (χ1v) is 9.30. The van der Waals surface area contributed by atoms with Gasteiger partial charge in [-0.15, -0.1) is 0 Å². The molecule has 1 aliphatic carbocycles. The third kappa shape index (κ3) is 3.31. The summed E-state index contributed by atoms with van der Waals surface area (Å²) in [7, 11) is 0. The van der Waals surface area contributed by atoms with E-state index in [1.54, 1.807) is 6.92 Å². The molecule has 1 unspecified atom stereocenters. The number of benzene rings is 3. The lowest BCUT2D eigenvalue weighted by Gasteiger charge is -2.16. The minimum atomic E-state index is -0.793. The van der Waals surface area contributed by atoms with Crippen LogP contribution in [0.4, 0.5) is 11.4 Å². The van der Waals surface area contributed by atoms with Crippen LogP contribution in [0.5, 0.6) is 0 Å². The number of ketones is 1. The van der Waals surface area contributed by atoms with Gasteiger partial charge < -0.3 is 5.32 Å². The maximum atomic E-state index is 13.1. The Hall–Kier alpha value is -4.40. The Morgan fingerprint density at radius 3 is 2.26 bits per heavy atom. The highest BCUT2D eigenvalue weighted by atomic mass is 16.6. The van der Waals surface area contributed by atoms with Gasteiger partial charge in [-0.05, 0) is 18.6 Å². The molecule has 154 valence electrons. The second-order valence-corrected chi connectivity index (χ2v) is 7.06. The minimum absolute atomic E-state index is 0.0753. The summed E-state index contributed by atoms with van der Waals surface area (Å²) in [6.45, 7) is 1.79. The Labute approximate surface area is 175 Å². The topological polar surface area (TPSA) is 132 Å². The predicted molar refractivity (Wildman–Crippen MR) is 111 cm³/mol. The van der Waals surface area contributed by atoms with E-state index in [4.69, 9.17) is 0 Å². The summed E-state index contributed by atoms with van der Waals surface area (Å²) in [5.41, 5.74) is -0.227. The molecular weight excluding hydrogens is 402 g/mol. The van der Waals surface area contributed by atoms with E-state index in [0.717, 1.165) is 17.7 Å². The zero-order valence-corrected chi connectivity index (χ0v) is 16.2. The van der Waals surface area contributed by atoms with Crippen LogP contribution in [-0.4, -0.2) is 21.5 Å². The number of nitro groups is 2. The van der Waals surface area contributed by atoms with Crippen LogP contribution in [0.25, 0.3) is 11.1 Å². The number of hydrogen-bond acceptors (Lipinski definition) is 6. The monoisotopic (exact) mass is 417 g/mol. The molecule has 1 aliphatic rings. The van der Waals surface area contributed by atoms with Crippen molar-refractivity contribution in [2.45, 2.75) is 13.0 Å². The van der Waals surface area contributed by atoms with Crippen molar-refractivity contribution in [2.75, 3.05) is 0 Å². The van der Waals surface area contributed by atoms with Crippen molar-refractivity contribution in [1.29, 1.82) is 0 Å². The smallest absolute Gasteiger partial charge is 0.284 e. The van der Waals surface area contributed by atoms with Gasteiger partial charge in [0.1, 0.15) is 0 Å². The van der Waals surface area contributed by atoms with E-state index < -0.39 is 32.9 Å². The molecular formula is C22H15N3O6. The number of non-ortho nitro benzene ring substituents is 1. The van der Waals surface area contributed by atoms with Crippen LogP contribution in [0.1, 0.15) is 44.8 Å². The number of fused-ring (bicyclic) bond motifs is 3. The molecule has 0 saturated heterocycles. The molecule has 9 heteroatoms. The van der Waals surface area contributed by atoms with Gasteiger partial charge in [0.05, 0.1) is 27.5 Å². The zero-order valence-electron chi connectivity index (χ0n) is 16.2. The summed E-state index contributed by atoms with van der Waals surface area (Å²) in [6, 6.07) is 15.1. The van der Waals surface area contributed by atoms with Gasteiger partial charge in [0.2, 0.25) is 0 Å². The van der Waals surface area contributed by atoms with E-state index in [-0.39, 0.29) is 33.9 Å². The first-order chi connectivity index (χ1) is 14.8. The summed E-state index contributed by atoms with van der Waals surface area (Å²) in [4.78, 5) is 47.2. The molecule has 1 atom stereocenters. The van der Waals surface area contributed by atoms with Crippen LogP contribution in [0, 0.1) is 20.2 Å². The lowest BCUT2D eigenvalue weighted by molar-refractivity contribution is -0.393. The molecule has 3 aromatic rings. The van der Waals surface area contributed by atoms with Gasteiger partial charge in [-0.25, -0.2) is 0 Å². The van der Waals surface area contributed by atoms with Crippen molar-refractivity contribution in [3.63, 3.8) is 0 Å². The number of hydrogen-bond donors (Lipinski definition) is 1. The predicted octanol–water partition coefficient (Wildman–Crippen LogP) is 4.21. The second kappa shape index (κ2) is 7.45. The summed E-state index contributed by atoms with van der Waals surface area (Å²) in [5, 5.41) is 25.7. The van der Waals surface area contributed by atoms with Gasteiger partial charge in [0.25, 0.3) is 17.3 Å². The number of carbonyl (C=O) groups excluding carboxylic acids is 2. The quantitative estimate of drug-likeness (QED) is 0.382. The normalized spacial score (nSPS) is 12.6. The van der Waals surface area contributed by atoms with Gasteiger partial charge in [0, 0.05) is 28.3 Å². The van der Waals surface area contributed by atoms with Crippen molar-refractivity contribution in [2.24, 2.45) is 0 Å².